The maximum atomic E-state index is 12.2. The molecule has 2 amide bonds. The minimum atomic E-state index is -0.0837. The van der Waals surface area contributed by atoms with Crippen LogP contribution in [0.25, 0.3) is 0 Å². The Kier molecular flexibility index (Phi) is 3.90. The highest BCUT2D eigenvalue weighted by Crippen LogP contribution is 2.40. The van der Waals surface area contributed by atoms with Crippen LogP contribution < -0.4 is 5.32 Å². The lowest BCUT2D eigenvalue weighted by atomic mass is 10.2. The van der Waals surface area contributed by atoms with Gasteiger partial charge in [-0.25, -0.2) is 0 Å². The van der Waals surface area contributed by atoms with E-state index in [-0.39, 0.29) is 29.7 Å². The first-order chi connectivity index (χ1) is 8.49. The predicted molar refractivity (Wildman–Crippen MR) is 69.0 cm³/mol. The molecule has 0 aromatic carbocycles. The second-order valence-electron chi connectivity index (χ2n) is 5.74. The molecule has 0 bridgehead atoms. The average molecular weight is 253 g/mol. The molecule has 5 nitrogen and oxygen atoms in total. The molecular formula is C13H23N3O2. The Balaban J connectivity index is 1.80. The molecule has 0 spiro atoms. The lowest BCUT2D eigenvalue weighted by Gasteiger charge is -2.32. The smallest absolute Gasteiger partial charge is 0.226 e. The molecule has 1 heterocycles. The quantitative estimate of drug-likeness (QED) is 0.765. The van der Waals surface area contributed by atoms with E-state index in [1.54, 1.807) is 0 Å². The number of rotatable bonds is 3. The summed E-state index contributed by atoms with van der Waals surface area (Å²) in [6.45, 7) is 7.34. The zero-order valence-corrected chi connectivity index (χ0v) is 11.5. The molecule has 2 atom stereocenters. The van der Waals surface area contributed by atoms with Gasteiger partial charge in [-0.3, -0.25) is 9.59 Å². The molecule has 0 aromatic rings. The Morgan fingerprint density at radius 2 is 1.72 bits per heavy atom. The third-order valence-corrected chi connectivity index (χ3v) is 3.69. The summed E-state index contributed by atoms with van der Waals surface area (Å²) >= 11 is 0. The molecule has 2 fully saturated rings. The van der Waals surface area contributed by atoms with Crippen LogP contribution in [0.2, 0.25) is 0 Å². The van der Waals surface area contributed by atoms with E-state index in [9.17, 15) is 9.59 Å². The summed E-state index contributed by atoms with van der Waals surface area (Å²) in [6, 6.07) is 0.150. The van der Waals surface area contributed by atoms with E-state index in [0.29, 0.717) is 0 Å². The zero-order chi connectivity index (χ0) is 13.3. The van der Waals surface area contributed by atoms with Crippen molar-refractivity contribution in [2.24, 2.45) is 11.8 Å². The third-order valence-electron chi connectivity index (χ3n) is 3.69. The van der Waals surface area contributed by atoms with Crippen LogP contribution in [0.5, 0.6) is 0 Å². The highest BCUT2D eigenvalue weighted by Gasteiger charge is 2.49. The molecule has 2 rings (SSSR count). The first-order valence-electron chi connectivity index (χ1n) is 6.76. The molecule has 2 unspecified atom stereocenters. The van der Waals surface area contributed by atoms with Crippen LogP contribution in [0.15, 0.2) is 0 Å². The molecule has 0 aromatic heterocycles. The number of hydrogen-bond donors (Lipinski definition) is 1. The van der Waals surface area contributed by atoms with Crippen LogP contribution in [0.3, 0.4) is 0 Å². The van der Waals surface area contributed by atoms with Crippen molar-refractivity contribution in [1.29, 1.82) is 0 Å². The van der Waals surface area contributed by atoms with Crippen LogP contribution in [0.4, 0.5) is 0 Å². The normalized spacial score (nSPS) is 28.3. The lowest BCUT2D eigenvalue weighted by molar-refractivity contribution is -0.136. The summed E-state index contributed by atoms with van der Waals surface area (Å²) < 4.78 is 0. The van der Waals surface area contributed by atoms with E-state index in [1.165, 1.54) is 0 Å². The first-order valence-corrected chi connectivity index (χ1v) is 6.76. The summed E-state index contributed by atoms with van der Waals surface area (Å²) in [7, 11) is 2.07. The van der Waals surface area contributed by atoms with Crippen molar-refractivity contribution in [3.05, 3.63) is 0 Å². The molecule has 1 N–H and O–H groups in total. The summed E-state index contributed by atoms with van der Waals surface area (Å²) in [6.07, 6.45) is 0.726. The van der Waals surface area contributed by atoms with E-state index in [0.717, 1.165) is 32.6 Å². The number of piperazine rings is 1. The minimum absolute atomic E-state index is 0.0393. The van der Waals surface area contributed by atoms with Crippen molar-refractivity contribution in [2.75, 3.05) is 33.2 Å². The summed E-state index contributed by atoms with van der Waals surface area (Å²) in [4.78, 5) is 28.1. The van der Waals surface area contributed by atoms with E-state index >= 15 is 0 Å². The Hall–Kier alpha value is -1.10. The van der Waals surface area contributed by atoms with Gasteiger partial charge in [0.05, 0.1) is 11.8 Å². The van der Waals surface area contributed by atoms with Gasteiger partial charge in [0.1, 0.15) is 0 Å². The molecule has 1 aliphatic heterocycles. The van der Waals surface area contributed by atoms with Gasteiger partial charge >= 0.3 is 0 Å². The van der Waals surface area contributed by atoms with Crippen LogP contribution in [-0.2, 0) is 9.59 Å². The van der Waals surface area contributed by atoms with Gasteiger partial charge in [0.2, 0.25) is 11.8 Å². The van der Waals surface area contributed by atoms with Gasteiger partial charge in [-0.15, -0.1) is 0 Å². The van der Waals surface area contributed by atoms with Gasteiger partial charge in [-0.2, -0.15) is 0 Å². The number of nitrogens with one attached hydrogen (secondary N) is 1. The first kappa shape index (κ1) is 13.3. The summed E-state index contributed by atoms with van der Waals surface area (Å²) in [5, 5.41) is 2.88. The van der Waals surface area contributed by atoms with E-state index in [4.69, 9.17) is 0 Å². The zero-order valence-electron chi connectivity index (χ0n) is 11.5. The number of hydrogen-bond acceptors (Lipinski definition) is 3. The van der Waals surface area contributed by atoms with Crippen LogP contribution >= 0.6 is 0 Å². The molecule has 1 aliphatic carbocycles. The lowest BCUT2D eigenvalue weighted by Crippen LogP contribution is -2.48. The average Bonchev–Trinajstić information content (AvgIpc) is 3.08. The minimum Gasteiger partial charge on any atom is -0.354 e. The van der Waals surface area contributed by atoms with Crippen molar-refractivity contribution in [2.45, 2.75) is 26.3 Å². The van der Waals surface area contributed by atoms with Crippen LogP contribution in [-0.4, -0.2) is 60.9 Å². The van der Waals surface area contributed by atoms with Crippen molar-refractivity contribution in [3.63, 3.8) is 0 Å². The number of amides is 2. The Morgan fingerprint density at radius 1 is 1.11 bits per heavy atom. The second kappa shape index (κ2) is 5.26. The maximum absolute atomic E-state index is 12.2. The summed E-state index contributed by atoms with van der Waals surface area (Å²) in [5.41, 5.74) is 0. The molecule has 18 heavy (non-hydrogen) atoms. The molecule has 1 saturated carbocycles. The van der Waals surface area contributed by atoms with Gasteiger partial charge in [0, 0.05) is 32.2 Å². The number of carbonyl (C=O) groups excluding carboxylic acids is 2. The van der Waals surface area contributed by atoms with Gasteiger partial charge in [0.15, 0.2) is 0 Å². The van der Waals surface area contributed by atoms with Crippen LogP contribution in [0, 0.1) is 11.8 Å². The predicted octanol–water partition coefficient (Wildman–Crippen LogP) is -0.0789. The fourth-order valence-electron chi connectivity index (χ4n) is 2.41. The molecule has 2 aliphatic rings. The van der Waals surface area contributed by atoms with Gasteiger partial charge in [-0.1, -0.05) is 0 Å². The summed E-state index contributed by atoms with van der Waals surface area (Å²) in [5.74, 6) is 0.0659. The fraction of sp³-hybridized carbons (Fsp3) is 0.846. The Labute approximate surface area is 108 Å². The molecule has 0 radical (unpaired) electrons. The second-order valence-corrected chi connectivity index (χ2v) is 5.74. The molecule has 102 valence electrons. The van der Waals surface area contributed by atoms with Gasteiger partial charge < -0.3 is 15.1 Å². The van der Waals surface area contributed by atoms with Gasteiger partial charge in [0.25, 0.3) is 0 Å². The highest BCUT2D eigenvalue weighted by molar-refractivity contribution is 5.92. The van der Waals surface area contributed by atoms with Crippen molar-refractivity contribution in [1.82, 2.24) is 15.1 Å². The van der Waals surface area contributed by atoms with E-state index in [1.807, 2.05) is 18.7 Å². The van der Waals surface area contributed by atoms with E-state index in [2.05, 4.69) is 17.3 Å². The monoisotopic (exact) mass is 253 g/mol. The molecule has 1 saturated heterocycles. The highest BCUT2D eigenvalue weighted by atomic mass is 16.2. The van der Waals surface area contributed by atoms with Crippen molar-refractivity contribution >= 4 is 11.8 Å². The van der Waals surface area contributed by atoms with Crippen molar-refractivity contribution in [3.8, 4) is 0 Å². The Morgan fingerprint density at radius 3 is 2.28 bits per heavy atom. The SMILES string of the molecule is CC(C)NC(=O)C1CC1C(=O)N1CCN(C)CC1. The number of nitrogens with zero attached hydrogens (tertiary/aromatic N) is 2. The van der Waals surface area contributed by atoms with Crippen LogP contribution in [0.1, 0.15) is 20.3 Å². The maximum Gasteiger partial charge on any atom is 0.226 e. The number of likely N-dealkylation sites (N-methyl/N-ethyl adjacent to an activating group) is 1. The Bertz CT molecular complexity index is 335. The number of carbonyl (C=O) groups is 2. The largest absolute Gasteiger partial charge is 0.354 e. The van der Waals surface area contributed by atoms with E-state index < -0.39 is 0 Å². The fourth-order valence-corrected chi connectivity index (χ4v) is 2.41. The molecular weight excluding hydrogens is 230 g/mol. The standard InChI is InChI=1S/C13H23N3O2/c1-9(2)14-12(17)10-8-11(10)13(18)16-6-4-15(3)5-7-16/h9-11H,4-8H2,1-3H3,(H,14,17). The topological polar surface area (TPSA) is 52.7 Å². The van der Waals surface area contributed by atoms with Gasteiger partial charge in [-0.05, 0) is 27.3 Å². The van der Waals surface area contributed by atoms with Crippen molar-refractivity contribution < 1.29 is 9.59 Å². The molecule has 5 heteroatoms. The third kappa shape index (κ3) is 3.02.